The molecule has 2 aromatic heterocycles. The number of amides is 1. The Morgan fingerprint density at radius 2 is 1.68 bits per heavy atom. The Labute approximate surface area is 178 Å². The molecule has 156 valence electrons. The summed E-state index contributed by atoms with van der Waals surface area (Å²) in [5.74, 6) is -1.15. The van der Waals surface area contributed by atoms with Crippen molar-refractivity contribution < 1.29 is 14.3 Å². The predicted octanol–water partition coefficient (Wildman–Crippen LogP) is 3.59. The molecule has 0 unspecified atom stereocenters. The van der Waals surface area contributed by atoms with Gasteiger partial charge in [0.1, 0.15) is 0 Å². The van der Waals surface area contributed by atoms with Crippen LogP contribution in [0.15, 0.2) is 60.7 Å². The molecule has 8 heteroatoms. The fourth-order valence-electron chi connectivity index (χ4n) is 3.16. The molecule has 0 bridgehead atoms. The summed E-state index contributed by atoms with van der Waals surface area (Å²) >= 11 is 0. The van der Waals surface area contributed by atoms with Crippen LogP contribution in [-0.4, -0.2) is 31.5 Å². The van der Waals surface area contributed by atoms with Gasteiger partial charge in [0.15, 0.2) is 0 Å². The SMILES string of the molecule is Cc1ccc(NC(=O)[C@@H](OC(=O)c2nc3nc(C)cc(C)n3n2)c2ccccc2)cc1. The van der Waals surface area contributed by atoms with Crippen LogP contribution in [0.25, 0.3) is 5.78 Å². The number of esters is 1. The number of aromatic nitrogens is 4. The molecule has 1 atom stereocenters. The molecule has 8 nitrogen and oxygen atoms in total. The summed E-state index contributed by atoms with van der Waals surface area (Å²) in [7, 11) is 0. The van der Waals surface area contributed by atoms with Gasteiger partial charge < -0.3 is 10.1 Å². The fourth-order valence-corrected chi connectivity index (χ4v) is 3.16. The van der Waals surface area contributed by atoms with Crippen LogP contribution in [0.3, 0.4) is 0 Å². The Morgan fingerprint density at radius 1 is 0.968 bits per heavy atom. The average Bonchev–Trinajstić information content (AvgIpc) is 3.18. The van der Waals surface area contributed by atoms with Gasteiger partial charge >= 0.3 is 5.97 Å². The van der Waals surface area contributed by atoms with Crippen LogP contribution in [0.1, 0.15) is 39.2 Å². The molecule has 0 fully saturated rings. The molecule has 0 spiro atoms. The number of carbonyl (C=O) groups excluding carboxylic acids is 2. The molecule has 31 heavy (non-hydrogen) atoms. The quantitative estimate of drug-likeness (QED) is 0.500. The maximum Gasteiger partial charge on any atom is 0.379 e. The highest BCUT2D eigenvalue weighted by Crippen LogP contribution is 2.22. The summed E-state index contributed by atoms with van der Waals surface area (Å²) in [6.45, 7) is 5.63. The Morgan fingerprint density at radius 3 is 2.39 bits per heavy atom. The number of hydrogen-bond acceptors (Lipinski definition) is 6. The molecule has 0 saturated heterocycles. The van der Waals surface area contributed by atoms with Gasteiger partial charge in [-0.3, -0.25) is 4.79 Å². The summed E-state index contributed by atoms with van der Waals surface area (Å²) in [6, 6.07) is 18.0. The number of carbonyl (C=O) groups is 2. The van der Waals surface area contributed by atoms with Gasteiger partial charge in [0.25, 0.3) is 17.5 Å². The third-order valence-corrected chi connectivity index (χ3v) is 4.69. The van der Waals surface area contributed by atoms with Gasteiger partial charge in [-0.25, -0.2) is 14.3 Å². The number of nitrogens with zero attached hydrogens (tertiary/aromatic N) is 4. The lowest BCUT2D eigenvalue weighted by Gasteiger charge is -2.17. The standard InChI is InChI=1S/C23H21N5O3/c1-14-9-11-18(12-10-14)25-21(29)19(17-7-5-4-6-8-17)31-22(30)20-26-23-24-15(2)13-16(3)28(23)27-20/h4-13,19H,1-3H3,(H,25,29)/t19-/m0/s1. The van der Waals surface area contributed by atoms with E-state index in [0.29, 0.717) is 17.0 Å². The fraction of sp³-hybridized carbons (Fsp3) is 0.174. The largest absolute Gasteiger partial charge is 0.441 e. The third kappa shape index (κ3) is 4.42. The summed E-state index contributed by atoms with van der Waals surface area (Å²) in [5, 5.41) is 6.98. The molecule has 2 heterocycles. The first-order valence-corrected chi connectivity index (χ1v) is 9.75. The van der Waals surface area contributed by atoms with Gasteiger partial charge in [-0.05, 0) is 39.0 Å². The Balaban J connectivity index is 1.61. The minimum absolute atomic E-state index is 0.162. The van der Waals surface area contributed by atoms with Gasteiger partial charge in [-0.2, -0.15) is 4.98 Å². The monoisotopic (exact) mass is 415 g/mol. The lowest BCUT2D eigenvalue weighted by Crippen LogP contribution is -2.26. The van der Waals surface area contributed by atoms with E-state index in [1.54, 1.807) is 36.4 Å². The smallest absolute Gasteiger partial charge is 0.379 e. The summed E-state index contributed by atoms with van der Waals surface area (Å²) < 4.78 is 7.03. The second kappa shape index (κ2) is 8.35. The van der Waals surface area contributed by atoms with Crippen molar-refractivity contribution in [2.24, 2.45) is 0 Å². The van der Waals surface area contributed by atoms with Crippen LogP contribution in [0.4, 0.5) is 5.69 Å². The molecule has 4 aromatic rings. The van der Waals surface area contributed by atoms with E-state index < -0.39 is 18.0 Å². The van der Waals surface area contributed by atoms with Gasteiger partial charge in [0.2, 0.25) is 6.10 Å². The highest BCUT2D eigenvalue weighted by atomic mass is 16.5. The van der Waals surface area contributed by atoms with Crippen molar-refractivity contribution in [3.05, 3.63) is 89.0 Å². The van der Waals surface area contributed by atoms with E-state index in [4.69, 9.17) is 4.74 Å². The zero-order valence-corrected chi connectivity index (χ0v) is 17.4. The van der Waals surface area contributed by atoms with Crippen molar-refractivity contribution >= 4 is 23.3 Å². The van der Waals surface area contributed by atoms with Crippen LogP contribution in [0.2, 0.25) is 0 Å². The Kier molecular flexibility index (Phi) is 5.44. The van der Waals surface area contributed by atoms with E-state index in [2.05, 4.69) is 20.4 Å². The maximum absolute atomic E-state index is 13.0. The first kappa shape index (κ1) is 20.2. The molecule has 0 aliphatic heterocycles. The first-order valence-electron chi connectivity index (χ1n) is 9.75. The van der Waals surface area contributed by atoms with Crippen LogP contribution >= 0.6 is 0 Å². The highest BCUT2D eigenvalue weighted by Gasteiger charge is 2.28. The molecule has 1 N–H and O–H groups in total. The number of ether oxygens (including phenoxy) is 1. The van der Waals surface area contributed by atoms with E-state index in [-0.39, 0.29) is 5.82 Å². The lowest BCUT2D eigenvalue weighted by molar-refractivity contribution is -0.125. The van der Waals surface area contributed by atoms with E-state index in [1.165, 1.54) is 4.52 Å². The normalized spacial score (nSPS) is 11.8. The number of fused-ring (bicyclic) bond motifs is 1. The first-order chi connectivity index (χ1) is 14.9. The van der Waals surface area contributed by atoms with E-state index in [1.807, 2.05) is 45.0 Å². The minimum Gasteiger partial charge on any atom is -0.441 e. The number of rotatable bonds is 5. The van der Waals surface area contributed by atoms with Crippen molar-refractivity contribution in [1.82, 2.24) is 19.6 Å². The summed E-state index contributed by atoms with van der Waals surface area (Å²) in [5.41, 5.74) is 3.76. The zero-order chi connectivity index (χ0) is 22.0. The molecule has 0 aliphatic carbocycles. The topological polar surface area (TPSA) is 98.5 Å². The third-order valence-electron chi connectivity index (χ3n) is 4.69. The van der Waals surface area contributed by atoms with Gasteiger partial charge in [-0.15, -0.1) is 5.10 Å². The van der Waals surface area contributed by atoms with E-state index in [0.717, 1.165) is 17.0 Å². The number of hydrogen-bond donors (Lipinski definition) is 1. The van der Waals surface area contributed by atoms with Crippen LogP contribution in [-0.2, 0) is 9.53 Å². The van der Waals surface area contributed by atoms with Crippen molar-refractivity contribution in [1.29, 1.82) is 0 Å². The lowest BCUT2D eigenvalue weighted by atomic mass is 10.1. The highest BCUT2D eigenvalue weighted by molar-refractivity contribution is 5.97. The van der Waals surface area contributed by atoms with Crippen LogP contribution < -0.4 is 5.32 Å². The van der Waals surface area contributed by atoms with Crippen molar-refractivity contribution in [2.45, 2.75) is 26.9 Å². The van der Waals surface area contributed by atoms with Crippen molar-refractivity contribution in [3.63, 3.8) is 0 Å². The zero-order valence-electron chi connectivity index (χ0n) is 17.4. The molecule has 2 aromatic carbocycles. The predicted molar refractivity (Wildman–Crippen MR) is 115 cm³/mol. The number of anilines is 1. The number of nitrogens with one attached hydrogen (secondary N) is 1. The van der Waals surface area contributed by atoms with Gasteiger partial charge in [0.05, 0.1) is 0 Å². The van der Waals surface area contributed by atoms with Crippen LogP contribution in [0, 0.1) is 20.8 Å². The average molecular weight is 415 g/mol. The molecule has 0 radical (unpaired) electrons. The second-order valence-corrected chi connectivity index (χ2v) is 7.24. The number of benzene rings is 2. The molecule has 1 amide bonds. The summed E-state index contributed by atoms with van der Waals surface area (Å²) in [4.78, 5) is 34.3. The van der Waals surface area contributed by atoms with Gasteiger partial charge in [-0.1, -0.05) is 48.0 Å². The van der Waals surface area contributed by atoms with Crippen LogP contribution in [0.5, 0.6) is 0 Å². The van der Waals surface area contributed by atoms with Crippen molar-refractivity contribution in [2.75, 3.05) is 5.32 Å². The maximum atomic E-state index is 13.0. The summed E-state index contributed by atoms with van der Waals surface area (Å²) in [6.07, 6.45) is -1.17. The molecule has 0 aliphatic rings. The number of aryl methyl sites for hydroxylation is 3. The minimum atomic E-state index is -1.17. The second-order valence-electron chi connectivity index (χ2n) is 7.24. The molecular formula is C23H21N5O3. The van der Waals surface area contributed by atoms with Gasteiger partial charge in [0, 0.05) is 22.6 Å². The molecule has 4 rings (SSSR count). The van der Waals surface area contributed by atoms with E-state index in [9.17, 15) is 9.59 Å². The Bertz CT molecular complexity index is 1250. The van der Waals surface area contributed by atoms with Crippen molar-refractivity contribution in [3.8, 4) is 0 Å². The molecular weight excluding hydrogens is 394 g/mol. The molecule has 0 saturated carbocycles. The Hall–Kier alpha value is -4.07. The van der Waals surface area contributed by atoms with E-state index >= 15 is 0 Å².